The predicted molar refractivity (Wildman–Crippen MR) is 195 cm³/mol. The van der Waals surface area contributed by atoms with Crippen LogP contribution >= 0.6 is 7.82 Å². The Morgan fingerprint density at radius 1 is 0.702 bits per heavy atom. The zero-order valence-electron chi connectivity index (χ0n) is 30.4. The molecule has 0 rings (SSSR count). The Balaban J connectivity index is 4.30. The minimum Gasteiger partial charge on any atom is -0.393 e. The molecule has 47 heavy (non-hydrogen) atoms. The van der Waals surface area contributed by atoms with Crippen molar-refractivity contribution in [1.82, 2.24) is 5.32 Å². The van der Waals surface area contributed by atoms with Crippen molar-refractivity contribution in [2.24, 2.45) is 5.73 Å². The number of aliphatic hydroxyl groups excluding tert-OH is 2. The molecule has 9 nitrogen and oxygen atoms in total. The van der Waals surface area contributed by atoms with Crippen molar-refractivity contribution in [3.8, 4) is 0 Å². The van der Waals surface area contributed by atoms with E-state index in [2.05, 4.69) is 31.3 Å². The summed E-state index contributed by atoms with van der Waals surface area (Å²) in [6.45, 7) is 3.97. The van der Waals surface area contributed by atoms with Crippen LogP contribution in [0.1, 0.15) is 181 Å². The Kier molecular flexibility index (Phi) is 33.1. The maximum atomic E-state index is 12.7. The number of unbranched alkanes of at least 4 members (excludes halogenated alkanes) is 20. The largest absolute Gasteiger partial charge is 0.472 e. The van der Waals surface area contributed by atoms with Crippen molar-refractivity contribution in [3.05, 3.63) is 12.2 Å². The summed E-state index contributed by atoms with van der Waals surface area (Å²) in [7, 11) is -4.37. The van der Waals surface area contributed by atoms with Crippen molar-refractivity contribution in [3.63, 3.8) is 0 Å². The second-order valence-corrected chi connectivity index (χ2v) is 14.8. The van der Waals surface area contributed by atoms with Gasteiger partial charge in [0.1, 0.15) is 0 Å². The maximum absolute atomic E-state index is 12.7. The van der Waals surface area contributed by atoms with Crippen molar-refractivity contribution >= 4 is 13.7 Å². The number of aliphatic hydroxyl groups is 2. The number of nitrogens with two attached hydrogens (primary N) is 1. The van der Waals surface area contributed by atoms with Gasteiger partial charge in [-0.3, -0.25) is 13.8 Å². The summed E-state index contributed by atoms with van der Waals surface area (Å²) in [5, 5.41) is 24.0. The van der Waals surface area contributed by atoms with Crippen molar-refractivity contribution in [2.45, 2.75) is 199 Å². The van der Waals surface area contributed by atoms with E-state index in [0.717, 1.165) is 44.9 Å². The molecule has 0 aromatic heterocycles. The molecular weight excluding hydrogens is 615 g/mol. The molecular formula is C37H75N2O7P. The number of hydrogen-bond donors (Lipinski definition) is 5. The highest BCUT2D eigenvalue weighted by atomic mass is 31.2. The van der Waals surface area contributed by atoms with Crippen molar-refractivity contribution in [2.75, 3.05) is 19.8 Å². The third-order valence-electron chi connectivity index (χ3n) is 8.67. The molecule has 0 saturated heterocycles. The molecule has 0 aromatic rings. The molecule has 0 bridgehead atoms. The molecule has 4 unspecified atom stereocenters. The lowest BCUT2D eigenvalue weighted by atomic mass is 10.0. The molecule has 0 aromatic carbocycles. The average Bonchev–Trinajstić information content (AvgIpc) is 3.04. The Morgan fingerprint density at radius 2 is 1.17 bits per heavy atom. The molecule has 10 heteroatoms. The van der Waals surface area contributed by atoms with E-state index in [1.807, 2.05) is 0 Å². The molecule has 0 fully saturated rings. The Bertz CT molecular complexity index is 771. The van der Waals surface area contributed by atoms with E-state index < -0.39 is 32.0 Å². The SMILES string of the molecule is CCCC/C=C\CCCCC(O)CC(=O)NC(COP(=O)(O)OCCN)C(O)CCCCCCCCCCCCCCCCCCC. The minimum atomic E-state index is -4.37. The van der Waals surface area contributed by atoms with Crippen LogP contribution in [0.5, 0.6) is 0 Å². The van der Waals surface area contributed by atoms with Crippen molar-refractivity contribution in [1.29, 1.82) is 0 Å². The topological polar surface area (TPSA) is 151 Å². The highest BCUT2D eigenvalue weighted by molar-refractivity contribution is 7.47. The van der Waals surface area contributed by atoms with Gasteiger partial charge in [0.05, 0.1) is 37.9 Å². The first kappa shape index (κ1) is 46.2. The van der Waals surface area contributed by atoms with Gasteiger partial charge < -0.3 is 26.2 Å². The van der Waals surface area contributed by atoms with Gasteiger partial charge in [-0.25, -0.2) is 4.57 Å². The van der Waals surface area contributed by atoms with E-state index in [9.17, 15) is 24.5 Å². The number of carbonyl (C=O) groups is 1. The molecule has 6 N–H and O–H groups in total. The molecule has 0 saturated carbocycles. The lowest BCUT2D eigenvalue weighted by molar-refractivity contribution is -0.125. The van der Waals surface area contributed by atoms with Crippen molar-refractivity contribution < 1.29 is 33.5 Å². The lowest BCUT2D eigenvalue weighted by Gasteiger charge is -2.25. The number of phosphoric ester groups is 1. The van der Waals surface area contributed by atoms with Gasteiger partial charge in [-0.1, -0.05) is 154 Å². The number of hydrogen-bond acceptors (Lipinski definition) is 7. The van der Waals surface area contributed by atoms with E-state index in [0.29, 0.717) is 12.8 Å². The van der Waals surface area contributed by atoms with E-state index >= 15 is 0 Å². The summed E-state index contributed by atoms with van der Waals surface area (Å²) in [4.78, 5) is 22.6. The Morgan fingerprint density at radius 3 is 1.68 bits per heavy atom. The van der Waals surface area contributed by atoms with Crippen LogP contribution in [0.3, 0.4) is 0 Å². The van der Waals surface area contributed by atoms with Crippen LogP contribution in [0.2, 0.25) is 0 Å². The molecule has 0 aliphatic carbocycles. The van der Waals surface area contributed by atoms with E-state index in [1.54, 1.807) is 0 Å². The number of amides is 1. The fourth-order valence-electron chi connectivity index (χ4n) is 5.69. The fourth-order valence-corrected chi connectivity index (χ4v) is 6.45. The molecule has 0 spiro atoms. The van der Waals surface area contributed by atoms with Crippen LogP contribution in [0.15, 0.2) is 12.2 Å². The molecule has 280 valence electrons. The first-order chi connectivity index (χ1) is 22.8. The van der Waals surface area contributed by atoms with Gasteiger partial charge in [0.2, 0.25) is 5.91 Å². The van der Waals surface area contributed by atoms with E-state index in [4.69, 9.17) is 14.8 Å². The third-order valence-corrected chi connectivity index (χ3v) is 9.66. The van der Waals surface area contributed by atoms with Crippen LogP contribution in [-0.2, 0) is 18.4 Å². The van der Waals surface area contributed by atoms with Crippen LogP contribution in [0, 0.1) is 0 Å². The average molecular weight is 691 g/mol. The van der Waals surface area contributed by atoms with Gasteiger partial charge >= 0.3 is 7.82 Å². The standard InChI is InChI=1S/C37H75N2O7P/c1-3-5-7-9-11-13-14-15-16-17-18-19-20-21-23-25-27-29-36(41)35(33-46-47(43,44)45-31-30-38)39-37(42)32-34(40)28-26-24-22-12-10-8-6-4-2/h10,12,34-36,40-41H,3-9,11,13-33,38H2,1-2H3,(H,39,42)(H,43,44)/b12-10-. The van der Waals surface area contributed by atoms with Crippen LogP contribution in [-0.4, -0.2) is 59.0 Å². The highest BCUT2D eigenvalue weighted by Crippen LogP contribution is 2.43. The molecule has 4 atom stereocenters. The lowest BCUT2D eigenvalue weighted by Crippen LogP contribution is -2.47. The van der Waals surface area contributed by atoms with Gasteiger partial charge in [0.15, 0.2) is 0 Å². The summed E-state index contributed by atoms with van der Waals surface area (Å²) in [5.41, 5.74) is 5.35. The first-order valence-electron chi connectivity index (χ1n) is 19.4. The summed E-state index contributed by atoms with van der Waals surface area (Å²) < 4.78 is 22.0. The van der Waals surface area contributed by atoms with Gasteiger partial charge in [-0.2, -0.15) is 0 Å². The number of rotatable bonds is 36. The zero-order valence-corrected chi connectivity index (χ0v) is 31.3. The maximum Gasteiger partial charge on any atom is 0.472 e. The second-order valence-electron chi connectivity index (χ2n) is 13.3. The predicted octanol–water partition coefficient (Wildman–Crippen LogP) is 9.02. The summed E-state index contributed by atoms with van der Waals surface area (Å²) in [6, 6.07) is -0.897. The van der Waals surface area contributed by atoms with Gasteiger partial charge in [-0.05, 0) is 32.1 Å². The van der Waals surface area contributed by atoms with E-state index in [1.165, 1.54) is 103 Å². The molecule has 0 aliphatic heterocycles. The molecule has 0 radical (unpaired) electrons. The minimum absolute atomic E-state index is 0.0586. The van der Waals surface area contributed by atoms with Crippen LogP contribution in [0.4, 0.5) is 0 Å². The van der Waals surface area contributed by atoms with Gasteiger partial charge in [0, 0.05) is 6.54 Å². The number of allylic oxidation sites excluding steroid dienone is 2. The molecule has 1 amide bonds. The monoisotopic (exact) mass is 691 g/mol. The number of phosphoric acid groups is 1. The fraction of sp³-hybridized carbons (Fsp3) is 0.919. The highest BCUT2D eigenvalue weighted by Gasteiger charge is 2.28. The Hall–Kier alpha value is -0.800. The smallest absolute Gasteiger partial charge is 0.393 e. The zero-order chi connectivity index (χ0) is 34.9. The molecule has 0 heterocycles. The van der Waals surface area contributed by atoms with E-state index in [-0.39, 0.29) is 26.2 Å². The quantitative estimate of drug-likeness (QED) is 0.0248. The molecule has 0 aliphatic rings. The number of carbonyl (C=O) groups excluding carboxylic acids is 1. The second kappa shape index (κ2) is 33.7. The summed E-state index contributed by atoms with van der Waals surface area (Å²) in [5.74, 6) is -0.428. The summed E-state index contributed by atoms with van der Waals surface area (Å²) in [6.07, 6.45) is 31.3. The third kappa shape index (κ3) is 32.2. The van der Waals surface area contributed by atoms with Crippen LogP contribution < -0.4 is 11.1 Å². The van der Waals surface area contributed by atoms with Crippen LogP contribution in [0.25, 0.3) is 0 Å². The Labute approximate surface area is 288 Å². The van der Waals surface area contributed by atoms with Gasteiger partial charge in [0.25, 0.3) is 0 Å². The summed E-state index contributed by atoms with van der Waals surface area (Å²) >= 11 is 0. The van der Waals surface area contributed by atoms with Gasteiger partial charge in [-0.15, -0.1) is 0 Å². The normalized spacial score (nSPS) is 15.1. The first-order valence-corrected chi connectivity index (χ1v) is 20.9. The number of nitrogens with one attached hydrogen (secondary N) is 1.